The summed E-state index contributed by atoms with van der Waals surface area (Å²) in [4.78, 5) is 2.45. The molecule has 0 aromatic heterocycles. The zero-order valence-corrected chi connectivity index (χ0v) is 10.3. The zero-order chi connectivity index (χ0) is 10.3. The van der Waals surface area contributed by atoms with Crippen LogP contribution < -0.4 is 0 Å². The summed E-state index contributed by atoms with van der Waals surface area (Å²) in [6, 6.07) is 0. The van der Waals surface area contributed by atoms with Gasteiger partial charge < -0.3 is 4.90 Å². The molecule has 0 aliphatic heterocycles. The number of nitrogens with zero attached hydrogens (tertiary/aromatic N) is 1. The van der Waals surface area contributed by atoms with Crippen molar-refractivity contribution in [2.24, 2.45) is 0 Å². The van der Waals surface area contributed by atoms with Crippen LogP contribution in [0.5, 0.6) is 0 Å². The molecule has 0 spiro atoms. The largest absolute Gasteiger partial charge is 0.301 e. The molecule has 80 valence electrons. The molecule has 2 heteroatoms. The number of unbranched alkanes of at least 4 members (excludes halogenated alkanes) is 2. The Balaban J connectivity index is 3.55. The molecule has 0 aromatic rings. The predicted molar refractivity (Wildman–Crippen MR) is 61.6 cm³/mol. The fraction of sp³-hybridized carbons (Fsp3) is 1.00. The molecule has 0 atom stereocenters. The zero-order valence-electron chi connectivity index (χ0n) is 9.57. The van der Waals surface area contributed by atoms with E-state index in [2.05, 4.69) is 32.7 Å². The third-order valence-corrected chi connectivity index (χ3v) is 3.29. The van der Waals surface area contributed by atoms with Crippen LogP contribution in [0.15, 0.2) is 0 Å². The lowest BCUT2D eigenvalue weighted by Crippen LogP contribution is -2.40. The molecular formula is C11H24ClN. The van der Waals surface area contributed by atoms with Crippen molar-refractivity contribution in [1.82, 2.24) is 4.90 Å². The lowest BCUT2D eigenvalue weighted by atomic mass is 9.99. The molecule has 0 aliphatic rings. The van der Waals surface area contributed by atoms with Crippen molar-refractivity contribution < 1.29 is 0 Å². The second kappa shape index (κ2) is 6.67. The molecule has 0 saturated heterocycles. The van der Waals surface area contributed by atoms with E-state index in [1.54, 1.807) is 0 Å². The molecule has 0 saturated carbocycles. The molecular weight excluding hydrogens is 182 g/mol. The first kappa shape index (κ1) is 13.2. The summed E-state index contributed by atoms with van der Waals surface area (Å²) < 4.78 is 0. The summed E-state index contributed by atoms with van der Waals surface area (Å²) in [5, 5.41) is 0. The summed E-state index contributed by atoms with van der Waals surface area (Å²) in [6.07, 6.45) is 4.89. The smallest absolute Gasteiger partial charge is 0.0223 e. The van der Waals surface area contributed by atoms with Crippen molar-refractivity contribution in [1.29, 1.82) is 0 Å². The number of hydrogen-bond acceptors (Lipinski definition) is 1. The Bertz CT molecular complexity index is 123. The second-order valence-corrected chi connectivity index (χ2v) is 4.72. The highest BCUT2D eigenvalue weighted by molar-refractivity contribution is 6.17. The van der Waals surface area contributed by atoms with E-state index >= 15 is 0 Å². The van der Waals surface area contributed by atoms with E-state index in [1.807, 2.05) is 0 Å². The maximum absolute atomic E-state index is 5.62. The van der Waals surface area contributed by atoms with Crippen LogP contribution in [0.4, 0.5) is 0 Å². The summed E-state index contributed by atoms with van der Waals surface area (Å²) in [5.41, 5.74) is 0.348. The Labute approximate surface area is 88.5 Å². The van der Waals surface area contributed by atoms with Gasteiger partial charge >= 0.3 is 0 Å². The van der Waals surface area contributed by atoms with E-state index in [0.717, 1.165) is 12.3 Å². The maximum atomic E-state index is 5.62. The van der Waals surface area contributed by atoms with Gasteiger partial charge in [-0.2, -0.15) is 0 Å². The second-order valence-electron chi connectivity index (χ2n) is 4.34. The summed E-state index contributed by atoms with van der Waals surface area (Å²) >= 11 is 5.62. The topological polar surface area (TPSA) is 3.24 Å². The van der Waals surface area contributed by atoms with E-state index in [-0.39, 0.29) is 0 Å². The van der Waals surface area contributed by atoms with Gasteiger partial charge in [-0.15, -0.1) is 11.6 Å². The van der Waals surface area contributed by atoms with Gasteiger partial charge in [0.25, 0.3) is 0 Å². The Morgan fingerprint density at radius 2 is 1.77 bits per heavy atom. The minimum atomic E-state index is 0.348. The van der Waals surface area contributed by atoms with Gasteiger partial charge in [0, 0.05) is 11.4 Å². The van der Waals surface area contributed by atoms with Crippen molar-refractivity contribution >= 4 is 11.6 Å². The van der Waals surface area contributed by atoms with Crippen LogP contribution in [-0.4, -0.2) is 29.9 Å². The Morgan fingerprint density at radius 1 is 1.15 bits per heavy atom. The molecule has 0 amide bonds. The molecule has 0 unspecified atom stereocenters. The van der Waals surface area contributed by atoms with Crippen molar-refractivity contribution in [2.45, 2.75) is 52.0 Å². The minimum absolute atomic E-state index is 0.348. The third-order valence-electron chi connectivity index (χ3n) is 3.03. The first-order valence-electron chi connectivity index (χ1n) is 5.31. The van der Waals surface area contributed by atoms with Crippen molar-refractivity contribution in [3.8, 4) is 0 Å². The average Bonchev–Trinajstić information content (AvgIpc) is 2.12. The standard InChI is InChI=1S/C11H24ClN/c1-5-11(2,3)13(4)10-8-6-7-9-12/h5-10H2,1-4H3. The lowest BCUT2D eigenvalue weighted by Gasteiger charge is -2.34. The maximum Gasteiger partial charge on any atom is 0.0223 e. The first-order chi connectivity index (χ1) is 6.04. The molecule has 0 bridgehead atoms. The van der Waals surface area contributed by atoms with Crippen LogP contribution in [-0.2, 0) is 0 Å². The molecule has 0 heterocycles. The van der Waals surface area contributed by atoms with Crippen LogP contribution in [0.3, 0.4) is 0 Å². The summed E-state index contributed by atoms with van der Waals surface area (Å²) in [6.45, 7) is 8.04. The van der Waals surface area contributed by atoms with Gasteiger partial charge in [-0.3, -0.25) is 0 Å². The Kier molecular flexibility index (Phi) is 6.79. The van der Waals surface area contributed by atoms with E-state index < -0.39 is 0 Å². The van der Waals surface area contributed by atoms with Gasteiger partial charge in [-0.05, 0) is 46.7 Å². The highest BCUT2D eigenvalue weighted by atomic mass is 35.5. The molecule has 0 radical (unpaired) electrons. The van der Waals surface area contributed by atoms with Crippen molar-refractivity contribution in [2.75, 3.05) is 19.5 Å². The normalized spacial score (nSPS) is 12.5. The van der Waals surface area contributed by atoms with E-state index in [0.29, 0.717) is 5.54 Å². The molecule has 13 heavy (non-hydrogen) atoms. The molecule has 0 aliphatic carbocycles. The van der Waals surface area contributed by atoms with E-state index in [9.17, 15) is 0 Å². The predicted octanol–water partition coefficient (Wildman–Crippen LogP) is 3.52. The van der Waals surface area contributed by atoms with Gasteiger partial charge in [0.05, 0.1) is 0 Å². The van der Waals surface area contributed by atoms with E-state index in [4.69, 9.17) is 11.6 Å². The summed E-state index contributed by atoms with van der Waals surface area (Å²) in [5.74, 6) is 0.806. The van der Waals surface area contributed by atoms with Crippen LogP contribution in [0.2, 0.25) is 0 Å². The Hall–Kier alpha value is 0.250. The van der Waals surface area contributed by atoms with Gasteiger partial charge in [0.1, 0.15) is 0 Å². The SMILES string of the molecule is CCC(C)(C)N(C)CCCCCCl. The number of halogens is 1. The van der Waals surface area contributed by atoms with E-state index in [1.165, 1.54) is 25.8 Å². The Morgan fingerprint density at radius 3 is 2.23 bits per heavy atom. The highest BCUT2D eigenvalue weighted by Crippen LogP contribution is 2.16. The number of hydrogen-bond donors (Lipinski definition) is 0. The fourth-order valence-corrected chi connectivity index (χ4v) is 1.38. The molecule has 0 aromatic carbocycles. The monoisotopic (exact) mass is 205 g/mol. The lowest BCUT2D eigenvalue weighted by molar-refractivity contribution is 0.148. The summed E-state index contributed by atoms with van der Waals surface area (Å²) in [7, 11) is 2.21. The van der Waals surface area contributed by atoms with Gasteiger partial charge in [-0.25, -0.2) is 0 Å². The minimum Gasteiger partial charge on any atom is -0.301 e. The van der Waals surface area contributed by atoms with Crippen LogP contribution in [0.1, 0.15) is 46.5 Å². The van der Waals surface area contributed by atoms with Crippen molar-refractivity contribution in [3.63, 3.8) is 0 Å². The van der Waals surface area contributed by atoms with Crippen LogP contribution in [0.25, 0.3) is 0 Å². The fourth-order valence-electron chi connectivity index (χ4n) is 1.19. The molecule has 0 N–H and O–H groups in total. The molecule has 1 nitrogen and oxygen atoms in total. The number of rotatable bonds is 7. The quantitative estimate of drug-likeness (QED) is 0.454. The van der Waals surface area contributed by atoms with Crippen molar-refractivity contribution in [3.05, 3.63) is 0 Å². The van der Waals surface area contributed by atoms with Crippen LogP contribution in [0, 0.1) is 0 Å². The highest BCUT2D eigenvalue weighted by Gasteiger charge is 2.19. The van der Waals surface area contributed by atoms with Gasteiger partial charge in [0.15, 0.2) is 0 Å². The third kappa shape index (κ3) is 5.53. The first-order valence-corrected chi connectivity index (χ1v) is 5.85. The molecule has 0 rings (SSSR count). The average molecular weight is 206 g/mol. The van der Waals surface area contributed by atoms with Gasteiger partial charge in [0.2, 0.25) is 0 Å². The van der Waals surface area contributed by atoms with Crippen LogP contribution >= 0.6 is 11.6 Å². The number of alkyl halides is 1. The molecule has 0 fully saturated rings. The van der Waals surface area contributed by atoms with Gasteiger partial charge in [-0.1, -0.05) is 13.3 Å².